The first kappa shape index (κ1) is 14.1. The summed E-state index contributed by atoms with van der Waals surface area (Å²) in [5.41, 5.74) is 3.11. The molecule has 1 aliphatic carbocycles. The fraction of sp³-hybridized carbons (Fsp3) is 0.667. The largest absolute Gasteiger partial charge is 0.309 e. The number of rotatable bonds is 4. The van der Waals surface area contributed by atoms with Crippen LogP contribution in [-0.2, 0) is 6.42 Å². The van der Waals surface area contributed by atoms with E-state index in [1.165, 1.54) is 64.6 Å². The highest BCUT2D eigenvalue weighted by Crippen LogP contribution is 2.29. The SMILES string of the molecule is c1ccc2c(c1)CCCC2NCCN1CCCCCC1. The molecule has 2 aliphatic rings. The van der Waals surface area contributed by atoms with Gasteiger partial charge in [0, 0.05) is 19.1 Å². The minimum absolute atomic E-state index is 0.590. The van der Waals surface area contributed by atoms with Crippen molar-refractivity contribution in [1.82, 2.24) is 10.2 Å². The van der Waals surface area contributed by atoms with Crippen LogP contribution in [0.1, 0.15) is 55.7 Å². The van der Waals surface area contributed by atoms with Crippen molar-refractivity contribution in [1.29, 1.82) is 0 Å². The monoisotopic (exact) mass is 272 g/mol. The van der Waals surface area contributed by atoms with Crippen molar-refractivity contribution < 1.29 is 0 Å². The fourth-order valence-electron chi connectivity index (χ4n) is 3.72. The lowest BCUT2D eigenvalue weighted by molar-refractivity contribution is 0.276. The maximum absolute atomic E-state index is 3.80. The molecule has 0 radical (unpaired) electrons. The maximum Gasteiger partial charge on any atom is 0.0323 e. The van der Waals surface area contributed by atoms with E-state index in [1.807, 2.05) is 0 Å². The Bertz CT molecular complexity index is 408. The fourth-order valence-corrected chi connectivity index (χ4v) is 3.72. The molecule has 1 saturated heterocycles. The average molecular weight is 272 g/mol. The minimum Gasteiger partial charge on any atom is -0.309 e. The van der Waals surface area contributed by atoms with E-state index in [0.717, 1.165) is 6.54 Å². The molecule has 0 bridgehead atoms. The Labute approximate surface area is 123 Å². The summed E-state index contributed by atoms with van der Waals surface area (Å²) < 4.78 is 0. The Kier molecular flexibility index (Phi) is 5.10. The molecule has 1 unspecified atom stereocenters. The van der Waals surface area contributed by atoms with Crippen LogP contribution in [-0.4, -0.2) is 31.1 Å². The summed E-state index contributed by atoms with van der Waals surface area (Å²) in [6.07, 6.45) is 9.55. The number of fused-ring (bicyclic) bond motifs is 1. The zero-order chi connectivity index (χ0) is 13.6. The topological polar surface area (TPSA) is 15.3 Å². The molecular weight excluding hydrogens is 244 g/mol. The molecule has 110 valence electrons. The van der Waals surface area contributed by atoms with Crippen molar-refractivity contribution in [3.63, 3.8) is 0 Å². The van der Waals surface area contributed by atoms with E-state index in [9.17, 15) is 0 Å². The third-order valence-corrected chi connectivity index (χ3v) is 4.89. The lowest BCUT2D eigenvalue weighted by atomic mass is 9.88. The Morgan fingerprint density at radius 1 is 1.00 bits per heavy atom. The number of hydrogen-bond donors (Lipinski definition) is 1. The summed E-state index contributed by atoms with van der Waals surface area (Å²) in [6, 6.07) is 9.58. The average Bonchev–Trinajstić information content (AvgIpc) is 2.76. The minimum atomic E-state index is 0.590. The lowest BCUT2D eigenvalue weighted by Gasteiger charge is -2.28. The van der Waals surface area contributed by atoms with Gasteiger partial charge in [0.1, 0.15) is 0 Å². The summed E-state index contributed by atoms with van der Waals surface area (Å²) >= 11 is 0. The Hall–Kier alpha value is -0.860. The van der Waals surface area contributed by atoms with Gasteiger partial charge in [-0.2, -0.15) is 0 Å². The smallest absolute Gasteiger partial charge is 0.0323 e. The van der Waals surface area contributed by atoms with Gasteiger partial charge in [0.05, 0.1) is 0 Å². The zero-order valence-corrected chi connectivity index (χ0v) is 12.6. The van der Waals surface area contributed by atoms with Gasteiger partial charge < -0.3 is 10.2 Å². The predicted molar refractivity (Wildman–Crippen MR) is 85.0 cm³/mol. The molecule has 0 spiro atoms. The van der Waals surface area contributed by atoms with Gasteiger partial charge in [0.2, 0.25) is 0 Å². The van der Waals surface area contributed by atoms with Crippen molar-refractivity contribution in [3.8, 4) is 0 Å². The van der Waals surface area contributed by atoms with Crippen molar-refractivity contribution in [2.45, 2.75) is 51.0 Å². The summed E-state index contributed by atoms with van der Waals surface area (Å²) in [6.45, 7) is 4.98. The molecule has 2 nitrogen and oxygen atoms in total. The highest BCUT2D eigenvalue weighted by Gasteiger charge is 2.19. The van der Waals surface area contributed by atoms with Crippen molar-refractivity contribution in [3.05, 3.63) is 35.4 Å². The van der Waals surface area contributed by atoms with Crippen molar-refractivity contribution in [2.75, 3.05) is 26.2 Å². The van der Waals surface area contributed by atoms with Crippen LogP contribution < -0.4 is 5.32 Å². The molecule has 1 fully saturated rings. The van der Waals surface area contributed by atoms with E-state index in [-0.39, 0.29) is 0 Å². The van der Waals surface area contributed by atoms with E-state index in [0.29, 0.717) is 6.04 Å². The van der Waals surface area contributed by atoms with Gasteiger partial charge in [0.15, 0.2) is 0 Å². The summed E-state index contributed by atoms with van der Waals surface area (Å²) in [7, 11) is 0. The van der Waals surface area contributed by atoms with Crippen LogP contribution in [0.2, 0.25) is 0 Å². The van der Waals surface area contributed by atoms with E-state index in [2.05, 4.69) is 34.5 Å². The van der Waals surface area contributed by atoms with Gasteiger partial charge in [-0.15, -0.1) is 0 Å². The number of benzene rings is 1. The molecule has 1 aliphatic heterocycles. The summed E-state index contributed by atoms with van der Waals surface area (Å²) in [4.78, 5) is 2.65. The first-order chi connectivity index (χ1) is 9.93. The molecule has 1 aromatic carbocycles. The molecular formula is C18H28N2. The number of nitrogens with one attached hydrogen (secondary N) is 1. The van der Waals surface area contributed by atoms with E-state index < -0.39 is 0 Å². The second kappa shape index (κ2) is 7.24. The maximum atomic E-state index is 3.80. The van der Waals surface area contributed by atoms with Gasteiger partial charge in [-0.3, -0.25) is 0 Å². The summed E-state index contributed by atoms with van der Waals surface area (Å²) in [5.74, 6) is 0. The molecule has 0 saturated carbocycles. The highest BCUT2D eigenvalue weighted by molar-refractivity contribution is 5.32. The second-order valence-electron chi connectivity index (χ2n) is 6.35. The van der Waals surface area contributed by atoms with Crippen LogP contribution in [0, 0.1) is 0 Å². The standard InChI is InChI=1S/C18H28N2/c1-2-6-14-20(13-5-1)15-12-19-18-11-7-9-16-8-3-4-10-17(16)18/h3-4,8,10,18-19H,1-2,5-7,9,11-15H2. The number of aryl methyl sites for hydroxylation is 1. The van der Waals surface area contributed by atoms with Crippen molar-refractivity contribution >= 4 is 0 Å². The summed E-state index contributed by atoms with van der Waals surface area (Å²) in [5, 5.41) is 3.80. The molecule has 1 atom stereocenters. The Morgan fingerprint density at radius 2 is 1.80 bits per heavy atom. The van der Waals surface area contributed by atoms with E-state index in [4.69, 9.17) is 0 Å². The molecule has 1 heterocycles. The molecule has 0 amide bonds. The van der Waals surface area contributed by atoms with Crippen LogP contribution in [0.25, 0.3) is 0 Å². The normalized spacial score (nSPS) is 24.1. The van der Waals surface area contributed by atoms with Crippen LogP contribution in [0.4, 0.5) is 0 Å². The second-order valence-corrected chi connectivity index (χ2v) is 6.35. The highest BCUT2D eigenvalue weighted by atomic mass is 15.1. The first-order valence-electron chi connectivity index (χ1n) is 8.47. The van der Waals surface area contributed by atoms with Gasteiger partial charge in [-0.25, -0.2) is 0 Å². The molecule has 0 aromatic heterocycles. The first-order valence-corrected chi connectivity index (χ1v) is 8.47. The number of hydrogen-bond acceptors (Lipinski definition) is 2. The zero-order valence-electron chi connectivity index (χ0n) is 12.6. The van der Waals surface area contributed by atoms with Gasteiger partial charge in [-0.1, -0.05) is 37.1 Å². The predicted octanol–water partition coefficient (Wildman–Crippen LogP) is 3.53. The van der Waals surface area contributed by atoms with Crippen molar-refractivity contribution in [2.24, 2.45) is 0 Å². The van der Waals surface area contributed by atoms with Crippen LogP contribution in [0.3, 0.4) is 0 Å². The third-order valence-electron chi connectivity index (χ3n) is 4.89. The van der Waals surface area contributed by atoms with Gasteiger partial charge in [-0.05, 0) is 56.3 Å². The van der Waals surface area contributed by atoms with Crippen LogP contribution >= 0.6 is 0 Å². The van der Waals surface area contributed by atoms with Crippen LogP contribution in [0.5, 0.6) is 0 Å². The number of nitrogens with zero attached hydrogens (tertiary/aromatic N) is 1. The van der Waals surface area contributed by atoms with Gasteiger partial charge >= 0.3 is 0 Å². The molecule has 2 heteroatoms. The Morgan fingerprint density at radius 3 is 2.65 bits per heavy atom. The molecule has 1 aromatic rings. The number of likely N-dealkylation sites (tertiary alicyclic amines) is 1. The lowest BCUT2D eigenvalue weighted by Crippen LogP contribution is -2.35. The van der Waals surface area contributed by atoms with E-state index in [1.54, 1.807) is 11.1 Å². The van der Waals surface area contributed by atoms with Gasteiger partial charge in [0.25, 0.3) is 0 Å². The molecule has 20 heavy (non-hydrogen) atoms. The molecule has 3 rings (SSSR count). The Balaban J connectivity index is 1.49. The molecule has 1 N–H and O–H groups in total. The quantitative estimate of drug-likeness (QED) is 0.902. The van der Waals surface area contributed by atoms with E-state index >= 15 is 0 Å². The van der Waals surface area contributed by atoms with Crippen LogP contribution in [0.15, 0.2) is 24.3 Å². The third kappa shape index (κ3) is 3.62.